The van der Waals surface area contributed by atoms with Crippen LogP contribution in [0.15, 0.2) is 61.1 Å². The van der Waals surface area contributed by atoms with E-state index in [2.05, 4.69) is 20.0 Å². The van der Waals surface area contributed by atoms with Gasteiger partial charge in [-0.2, -0.15) is 0 Å². The molecule has 1 aliphatic rings. The fourth-order valence-corrected chi connectivity index (χ4v) is 3.37. The molecule has 4 rings (SSSR count). The molecule has 0 saturated carbocycles. The van der Waals surface area contributed by atoms with Crippen LogP contribution in [0.4, 0.5) is 24.7 Å². The maximum absolute atomic E-state index is 12.7. The highest BCUT2D eigenvalue weighted by molar-refractivity contribution is 6.05. The predicted molar refractivity (Wildman–Crippen MR) is 111 cm³/mol. The number of aromatic nitrogens is 2. The lowest BCUT2D eigenvalue weighted by Crippen LogP contribution is -2.49. The number of hydrogen-bond donors (Lipinski definition) is 2. The van der Waals surface area contributed by atoms with Gasteiger partial charge in [-0.1, -0.05) is 6.07 Å². The number of rotatable bonds is 6. The topological polar surface area (TPSA) is 87.6 Å². The Hall–Kier alpha value is -3.66. The Kier molecular flexibility index (Phi) is 5.95. The van der Waals surface area contributed by atoms with Crippen LogP contribution in [0.5, 0.6) is 5.75 Å². The third-order valence-corrected chi connectivity index (χ3v) is 4.96. The average molecular weight is 444 g/mol. The molecule has 1 fully saturated rings. The number of anilines is 2. The number of halogens is 3. The van der Waals surface area contributed by atoms with Gasteiger partial charge in [-0.05, 0) is 36.4 Å². The number of carbonyl (C=O) groups excluding carboxylic acids is 1. The lowest BCUT2D eigenvalue weighted by molar-refractivity contribution is -0.274. The Labute approximate surface area is 181 Å². The minimum atomic E-state index is -4.78. The van der Waals surface area contributed by atoms with Crippen LogP contribution in [0.2, 0.25) is 0 Å². The number of alkyl halides is 3. The van der Waals surface area contributed by atoms with Crippen molar-refractivity contribution in [2.24, 2.45) is 5.92 Å². The molecule has 7 nitrogen and oxygen atoms in total. The number of nitrogens with one attached hydrogen (secondary N) is 1. The van der Waals surface area contributed by atoms with Crippen LogP contribution in [-0.4, -0.2) is 47.0 Å². The maximum atomic E-state index is 12.7. The molecule has 32 heavy (non-hydrogen) atoms. The zero-order valence-corrected chi connectivity index (χ0v) is 16.7. The Morgan fingerprint density at radius 3 is 2.56 bits per heavy atom. The lowest BCUT2D eigenvalue weighted by atomic mass is 9.98. The average Bonchev–Trinajstić information content (AvgIpc) is 2.74. The fraction of sp³-hybridized carbons (Fsp3) is 0.227. The van der Waals surface area contributed by atoms with Gasteiger partial charge in [-0.25, -0.2) is 4.98 Å². The first-order valence-electron chi connectivity index (χ1n) is 9.76. The molecule has 3 heterocycles. The van der Waals surface area contributed by atoms with Gasteiger partial charge in [-0.3, -0.25) is 9.78 Å². The summed E-state index contributed by atoms with van der Waals surface area (Å²) in [4.78, 5) is 23.4. The van der Waals surface area contributed by atoms with Gasteiger partial charge in [0.25, 0.3) is 5.91 Å². The van der Waals surface area contributed by atoms with Gasteiger partial charge < -0.3 is 20.1 Å². The molecule has 1 aliphatic heterocycles. The molecule has 0 aliphatic carbocycles. The monoisotopic (exact) mass is 444 g/mol. The van der Waals surface area contributed by atoms with Crippen LogP contribution < -0.4 is 15.0 Å². The summed E-state index contributed by atoms with van der Waals surface area (Å²) < 4.78 is 40.7. The molecule has 1 amide bonds. The zero-order valence-electron chi connectivity index (χ0n) is 16.7. The number of ether oxygens (including phenoxy) is 1. The van der Waals surface area contributed by atoms with E-state index in [0.29, 0.717) is 24.6 Å². The van der Waals surface area contributed by atoms with E-state index in [1.807, 2.05) is 11.0 Å². The number of nitrogens with zero attached hydrogens (tertiary/aromatic N) is 3. The molecule has 1 saturated heterocycles. The van der Waals surface area contributed by atoms with Crippen LogP contribution >= 0.6 is 0 Å². The minimum Gasteiger partial charge on any atom is -0.406 e. The smallest absolute Gasteiger partial charge is 0.406 e. The van der Waals surface area contributed by atoms with E-state index >= 15 is 0 Å². The number of benzene rings is 1. The summed E-state index contributed by atoms with van der Waals surface area (Å²) in [6.45, 7) is 1.43. The van der Waals surface area contributed by atoms with E-state index < -0.39 is 12.3 Å². The van der Waals surface area contributed by atoms with Gasteiger partial charge in [0.2, 0.25) is 0 Å². The molecule has 0 unspecified atom stereocenters. The van der Waals surface area contributed by atoms with Gasteiger partial charge in [0.1, 0.15) is 11.6 Å². The van der Waals surface area contributed by atoms with Crippen LogP contribution in [0.25, 0.3) is 11.1 Å². The van der Waals surface area contributed by atoms with Crippen molar-refractivity contribution in [2.75, 3.05) is 29.9 Å². The highest BCUT2D eigenvalue weighted by Gasteiger charge is 2.31. The molecule has 0 spiro atoms. The minimum absolute atomic E-state index is 0.103. The Balaban J connectivity index is 1.55. The molecule has 3 aromatic rings. The number of aliphatic hydroxyl groups excluding tert-OH is 1. The summed E-state index contributed by atoms with van der Waals surface area (Å²) in [7, 11) is 0. The summed E-state index contributed by atoms with van der Waals surface area (Å²) in [6, 6.07) is 10.2. The molecule has 166 valence electrons. The summed E-state index contributed by atoms with van der Waals surface area (Å²) in [5, 5.41) is 11.9. The first-order valence-corrected chi connectivity index (χ1v) is 9.76. The van der Waals surface area contributed by atoms with Crippen molar-refractivity contribution in [3.8, 4) is 16.9 Å². The normalized spacial score (nSPS) is 14.1. The third-order valence-electron chi connectivity index (χ3n) is 4.96. The quantitative estimate of drug-likeness (QED) is 0.603. The van der Waals surface area contributed by atoms with E-state index in [1.165, 1.54) is 18.3 Å². The molecule has 10 heteroatoms. The molecule has 1 aromatic carbocycles. The molecular formula is C22H19F3N4O3. The highest BCUT2D eigenvalue weighted by atomic mass is 19.4. The van der Waals surface area contributed by atoms with E-state index in [0.717, 1.165) is 23.3 Å². The Bertz CT molecular complexity index is 1090. The van der Waals surface area contributed by atoms with Crippen LogP contribution in [0, 0.1) is 5.92 Å². The van der Waals surface area contributed by atoms with Crippen molar-refractivity contribution in [1.29, 1.82) is 0 Å². The molecule has 0 bridgehead atoms. The lowest BCUT2D eigenvalue weighted by Gasteiger charge is -2.40. The van der Waals surface area contributed by atoms with E-state index in [1.54, 1.807) is 24.5 Å². The maximum Gasteiger partial charge on any atom is 0.573 e. The number of pyridine rings is 2. The second-order valence-electron chi connectivity index (χ2n) is 7.32. The number of amides is 1. The van der Waals surface area contributed by atoms with Gasteiger partial charge in [0.15, 0.2) is 0 Å². The van der Waals surface area contributed by atoms with Crippen molar-refractivity contribution in [2.45, 2.75) is 6.36 Å². The summed E-state index contributed by atoms with van der Waals surface area (Å²) >= 11 is 0. The van der Waals surface area contributed by atoms with Crippen LogP contribution in [0.1, 0.15) is 10.4 Å². The molecule has 2 N–H and O–H groups in total. The second kappa shape index (κ2) is 8.83. The standard InChI is InChI=1S/C22H19F3N4O3/c23-22(24,25)32-18-5-3-17(4-6-18)28-21(31)16-8-19(15-2-1-7-26-9-15)20(27-10-16)29-11-14(12-29)13-30/h1-10,14,30H,11-13H2,(H,28,31). The largest absolute Gasteiger partial charge is 0.573 e. The van der Waals surface area contributed by atoms with Crippen molar-refractivity contribution in [3.63, 3.8) is 0 Å². The number of hydrogen-bond acceptors (Lipinski definition) is 6. The van der Waals surface area contributed by atoms with Crippen molar-refractivity contribution in [3.05, 3.63) is 66.6 Å². The zero-order chi connectivity index (χ0) is 22.7. The fourth-order valence-electron chi connectivity index (χ4n) is 3.37. The number of carbonyl (C=O) groups is 1. The van der Waals surface area contributed by atoms with Crippen molar-refractivity contribution < 1.29 is 27.8 Å². The van der Waals surface area contributed by atoms with Gasteiger partial charge in [-0.15, -0.1) is 13.2 Å². The van der Waals surface area contributed by atoms with E-state index in [-0.39, 0.29) is 23.8 Å². The van der Waals surface area contributed by atoms with Gasteiger partial charge >= 0.3 is 6.36 Å². The highest BCUT2D eigenvalue weighted by Crippen LogP contribution is 2.33. The molecular weight excluding hydrogens is 425 g/mol. The van der Waals surface area contributed by atoms with E-state index in [9.17, 15) is 23.1 Å². The van der Waals surface area contributed by atoms with Crippen LogP contribution in [-0.2, 0) is 0 Å². The third kappa shape index (κ3) is 4.97. The summed E-state index contributed by atoms with van der Waals surface area (Å²) in [6.07, 6.45) is -0.0257. The second-order valence-corrected chi connectivity index (χ2v) is 7.32. The summed E-state index contributed by atoms with van der Waals surface area (Å²) in [5.74, 6) is 0.0327. The van der Waals surface area contributed by atoms with Crippen molar-refractivity contribution >= 4 is 17.4 Å². The van der Waals surface area contributed by atoms with Crippen LogP contribution in [0.3, 0.4) is 0 Å². The molecule has 2 aromatic heterocycles. The first-order chi connectivity index (χ1) is 15.3. The Morgan fingerprint density at radius 2 is 1.94 bits per heavy atom. The van der Waals surface area contributed by atoms with Crippen molar-refractivity contribution in [1.82, 2.24) is 9.97 Å². The molecule has 0 radical (unpaired) electrons. The van der Waals surface area contributed by atoms with E-state index in [4.69, 9.17) is 0 Å². The first kappa shape index (κ1) is 21.6. The molecule has 0 atom stereocenters. The van der Waals surface area contributed by atoms with Gasteiger partial charge in [0, 0.05) is 61.0 Å². The Morgan fingerprint density at radius 1 is 1.19 bits per heavy atom. The SMILES string of the molecule is O=C(Nc1ccc(OC(F)(F)F)cc1)c1cnc(N2CC(CO)C2)c(-c2cccnc2)c1. The summed E-state index contributed by atoms with van der Waals surface area (Å²) in [5.41, 5.74) is 2.09. The number of aliphatic hydroxyl groups is 1. The van der Waals surface area contributed by atoms with Gasteiger partial charge in [0.05, 0.1) is 5.56 Å². The predicted octanol–water partition coefficient (Wildman–Crippen LogP) is 3.72.